The summed E-state index contributed by atoms with van der Waals surface area (Å²) in [6.07, 6.45) is -3.34. The van der Waals surface area contributed by atoms with E-state index < -0.39 is 18.4 Å². The van der Waals surface area contributed by atoms with Crippen LogP contribution in [0.15, 0.2) is 0 Å². The molecule has 1 nitrogen and oxygen atoms in total. The largest absolute Gasteiger partial charge is 0.332 e. The van der Waals surface area contributed by atoms with Gasteiger partial charge in [0.2, 0.25) is 0 Å². The summed E-state index contributed by atoms with van der Waals surface area (Å²) in [6.45, 7) is 1.25. The van der Waals surface area contributed by atoms with Gasteiger partial charge in [-0.2, -0.15) is 8.78 Å². The van der Waals surface area contributed by atoms with E-state index >= 15 is 0 Å². The Hall–Kier alpha value is -0.540. The van der Waals surface area contributed by atoms with Gasteiger partial charge in [0.1, 0.15) is 0 Å². The first-order chi connectivity index (χ1) is 4.04. The Labute approximate surface area is 50.9 Å². The molecule has 0 aromatic rings. The maximum absolute atomic E-state index is 11.9. The number of carbonyl (C=O) groups is 1. The lowest BCUT2D eigenvalue weighted by Gasteiger charge is -2.10. The second-order valence-electron chi connectivity index (χ2n) is 1.67. The number of aldehydes is 1. The molecule has 1 unspecified atom stereocenters. The molecule has 0 bridgehead atoms. The van der Waals surface area contributed by atoms with E-state index in [2.05, 4.69) is 0 Å². The third kappa shape index (κ3) is 2.03. The van der Waals surface area contributed by atoms with Crippen LogP contribution in [-0.4, -0.2) is 18.4 Å². The normalized spacial score (nSPS) is 15.1. The summed E-state index contributed by atoms with van der Waals surface area (Å²) in [6, 6.07) is 0. The average Bonchev–Trinajstić information content (AvgIpc) is 1.86. The first kappa shape index (κ1) is 8.46. The third-order valence-corrected chi connectivity index (χ3v) is 0.933. The second-order valence-corrected chi connectivity index (χ2v) is 1.67. The van der Waals surface area contributed by atoms with E-state index in [-0.39, 0.29) is 6.42 Å². The van der Waals surface area contributed by atoms with Gasteiger partial charge in [0.15, 0.2) is 12.5 Å². The van der Waals surface area contributed by atoms with Crippen LogP contribution in [0.3, 0.4) is 0 Å². The molecular weight excluding hydrogens is 133 g/mol. The van der Waals surface area contributed by atoms with Crippen LogP contribution in [-0.2, 0) is 4.79 Å². The van der Waals surface area contributed by atoms with Crippen molar-refractivity contribution in [3.8, 4) is 0 Å². The molecule has 0 heterocycles. The Kier molecular flexibility index (Phi) is 2.67. The second kappa shape index (κ2) is 2.85. The minimum absolute atomic E-state index is 0.342. The van der Waals surface area contributed by atoms with Crippen LogP contribution in [0.25, 0.3) is 0 Å². The van der Waals surface area contributed by atoms with E-state index in [9.17, 15) is 18.0 Å². The summed E-state index contributed by atoms with van der Waals surface area (Å²) in [5, 5.41) is 0. The highest BCUT2D eigenvalue weighted by atomic mass is 19.3. The van der Waals surface area contributed by atoms with Crippen LogP contribution in [0.4, 0.5) is 13.2 Å². The van der Waals surface area contributed by atoms with Crippen molar-refractivity contribution in [3.05, 3.63) is 0 Å². The van der Waals surface area contributed by atoms with Crippen molar-refractivity contribution in [2.24, 2.45) is 0 Å². The van der Waals surface area contributed by atoms with Crippen molar-refractivity contribution in [2.45, 2.75) is 25.4 Å². The first-order valence-electron chi connectivity index (χ1n) is 2.52. The van der Waals surface area contributed by atoms with Gasteiger partial charge in [-0.25, -0.2) is 4.39 Å². The maximum atomic E-state index is 11.9. The summed E-state index contributed by atoms with van der Waals surface area (Å²) in [7, 11) is 0. The Bertz CT molecular complexity index is 102. The lowest BCUT2D eigenvalue weighted by atomic mass is 10.2. The Morgan fingerprint density at radius 1 is 1.67 bits per heavy atom. The van der Waals surface area contributed by atoms with Gasteiger partial charge in [0.25, 0.3) is 0 Å². The molecule has 1 atom stereocenters. The molecule has 0 amide bonds. The van der Waals surface area contributed by atoms with Gasteiger partial charge in [0, 0.05) is 0 Å². The number of hydrogen-bond donors (Lipinski definition) is 0. The predicted molar refractivity (Wildman–Crippen MR) is 26.2 cm³/mol. The fourth-order valence-electron chi connectivity index (χ4n) is 0.346. The zero-order valence-electron chi connectivity index (χ0n) is 4.90. The smallest absolute Gasteiger partial charge is 0.297 e. The van der Waals surface area contributed by atoms with Gasteiger partial charge >= 0.3 is 5.92 Å². The molecule has 0 radical (unpaired) electrons. The summed E-state index contributed by atoms with van der Waals surface area (Å²) >= 11 is 0. The van der Waals surface area contributed by atoms with Gasteiger partial charge in [-0.05, 0) is 6.42 Å². The molecule has 0 aromatic carbocycles. The summed E-state index contributed by atoms with van der Waals surface area (Å²) in [4.78, 5) is 9.44. The SMILES string of the molecule is CCC(F)C(F)(F)C=O. The van der Waals surface area contributed by atoms with E-state index in [0.717, 1.165) is 0 Å². The Morgan fingerprint density at radius 2 is 2.11 bits per heavy atom. The molecular formula is C5H7F3O. The predicted octanol–water partition coefficient (Wildman–Crippen LogP) is 1.57. The van der Waals surface area contributed by atoms with Crippen LogP contribution < -0.4 is 0 Å². The van der Waals surface area contributed by atoms with Crippen LogP contribution in [0.5, 0.6) is 0 Å². The van der Waals surface area contributed by atoms with E-state index in [1.54, 1.807) is 0 Å². The Balaban J connectivity index is 3.95. The molecule has 0 aromatic heterocycles. The lowest BCUT2D eigenvalue weighted by molar-refractivity contribution is -0.139. The molecule has 0 saturated heterocycles. The van der Waals surface area contributed by atoms with E-state index in [4.69, 9.17) is 0 Å². The van der Waals surface area contributed by atoms with Crippen LogP contribution in [0, 0.1) is 0 Å². The topological polar surface area (TPSA) is 17.1 Å². The molecule has 4 heteroatoms. The molecule has 0 fully saturated rings. The number of carbonyl (C=O) groups excluding carboxylic acids is 1. The monoisotopic (exact) mass is 140 g/mol. The molecule has 54 valence electrons. The van der Waals surface area contributed by atoms with Gasteiger partial charge < -0.3 is 0 Å². The van der Waals surface area contributed by atoms with Crippen molar-refractivity contribution in [1.82, 2.24) is 0 Å². The van der Waals surface area contributed by atoms with Gasteiger partial charge in [-0.3, -0.25) is 4.79 Å². The maximum Gasteiger partial charge on any atom is 0.332 e. The molecule has 0 aliphatic rings. The fourth-order valence-corrected chi connectivity index (χ4v) is 0.346. The molecule has 9 heavy (non-hydrogen) atoms. The van der Waals surface area contributed by atoms with Crippen molar-refractivity contribution < 1.29 is 18.0 Å². The first-order valence-corrected chi connectivity index (χ1v) is 2.52. The van der Waals surface area contributed by atoms with E-state index in [1.807, 2.05) is 0 Å². The van der Waals surface area contributed by atoms with Crippen molar-refractivity contribution in [1.29, 1.82) is 0 Å². The molecule has 0 aliphatic carbocycles. The summed E-state index contributed by atoms with van der Waals surface area (Å²) < 4.78 is 35.5. The average molecular weight is 140 g/mol. The van der Waals surface area contributed by atoms with Gasteiger partial charge in [-0.1, -0.05) is 6.92 Å². The fraction of sp³-hybridized carbons (Fsp3) is 0.800. The molecule has 0 spiro atoms. The minimum atomic E-state index is -3.80. The number of hydrogen-bond acceptors (Lipinski definition) is 1. The quantitative estimate of drug-likeness (QED) is 0.544. The highest BCUT2D eigenvalue weighted by molar-refractivity contribution is 5.60. The van der Waals surface area contributed by atoms with Crippen molar-refractivity contribution in [2.75, 3.05) is 0 Å². The lowest BCUT2D eigenvalue weighted by Crippen LogP contribution is -2.30. The number of halogens is 3. The molecule has 0 aliphatic heterocycles. The third-order valence-electron chi connectivity index (χ3n) is 0.933. The summed E-state index contributed by atoms with van der Waals surface area (Å²) in [5.41, 5.74) is 0. The van der Waals surface area contributed by atoms with E-state index in [0.29, 0.717) is 0 Å². The van der Waals surface area contributed by atoms with Crippen LogP contribution in [0.1, 0.15) is 13.3 Å². The highest BCUT2D eigenvalue weighted by Gasteiger charge is 2.38. The van der Waals surface area contributed by atoms with Gasteiger partial charge in [-0.15, -0.1) is 0 Å². The molecule has 0 saturated carbocycles. The number of rotatable bonds is 3. The highest BCUT2D eigenvalue weighted by Crippen LogP contribution is 2.20. The molecule has 0 rings (SSSR count). The van der Waals surface area contributed by atoms with Crippen molar-refractivity contribution >= 4 is 6.29 Å². The van der Waals surface area contributed by atoms with Gasteiger partial charge in [0.05, 0.1) is 0 Å². The van der Waals surface area contributed by atoms with Crippen LogP contribution >= 0.6 is 0 Å². The summed E-state index contributed by atoms with van der Waals surface area (Å²) in [5.74, 6) is -3.80. The van der Waals surface area contributed by atoms with Crippen molar-refractivity contribution in [3.63, 3.8) is 0 Å². The standard InChI is InChI=1S/C5H7F3O/c1-2-4(6)5(7,8)3-9/h3-4H,2H2,1H3. The van der Waals surface area contributed by atoms with Crippen LogP contribution in [0.2, 0.25) is 0 Å². The molecule has 0 N–H and O–H groups in total. The minimum Gasteiger partial charge on any atom is -0.297 e. The zero-order valence-corrected chi connectivity index (χ0v) is 4.90. The number of alkyl halides is 3. The Morgan fingerprint density at radius 3 is 2.22 bits per heavy atom. The van der Waals surface area contributed by atoms with E-state index in [1.165, 1.54) is 6.92 Å². The zero-order chi connectivity index (χ0) is 7.49.